The Labute approximate surface area is 108 Å². The average Bonchev–Trinajstić information content (AvgIpc) is 2.36. The normalized spacial score (nSPS) is 21.7. The van der Waals surface area contributed by atoms with E-state index in [9.17, 15) is 9.59 Å². The predicted molar refractivity (Wildman–Crippen MR) is 69.1 cm³/mol. The SMILES string of the molecule is CCC[C@H](N)C(=O)N1CCCCC1CCC(=O)O. The third kappa shape index (κ3) is 4.29. The van der Waals surface area contributed by atoms with E-state index in [1.807, 2.05) is 11.8 Å². The van der Waals surface area contributed by atoms with E-state index in [4.69, 9.17) is 10.8 Å². The number of carbonyl (C=O) groups excluding carboxylic acids is 1. The minimum atomic E-state index is -0.800. The highest BCUT2D eigenvalue weighted by Crippen LogP contribution is 2.22. The molecule has 0 aromatic rings. The van der Waals surface area contributed by atoms with Gasteiger partial charge in [-0.1, -0.05) is 13.3 Å². The highest BCUT2D eigenvalue weighted by molar-refractivity contribution is 5.82. The molecule has 1 amide bonds. The number of aliphatic carboxylic acids is 1. The Morgan fingerprint density at radius 1 is 1.44 bits per heavy atom. The number of hydrogen-bond acceptors (Lipinski definition) is 3. The lowest BCUT2D eigenvalue weighted by atomic mass is 9.96. The Morgan fingerprint density at radius 3 is 2.78 bits per heavy atom. The van der Waals surface area contributed by atoms with Crippen LogP contribution in [-0.2, 0) is 9.59 Å². The standard InChI is InChI=1S/C13H24N2O3/c1-2-5-11(14)13(18)15-9-4-3-6-10(15)7-8-12(16)17/h10-11H,2-9,14H2,1H3,(H,16,17)/t10?,11-/m0/s1. The number of nitrogens with two attached hydrogens (primary N) is 1. The third-order valence-corrected chi connectivity index (χ3v) is 3.52. The van der Waals surface area contributed by atoms with Crippen molar-refractivity contribution < 1.29 is 14.7 Å². The molecule has 1 unspecified atom stereocenters. The van der Waals surface area contributed by atoms with Gasteiger partial charge in [0.25, 0.3) is 0 Å². The number of hydrogen-bond donors (Lipinski definition) is 2. The molecule has 18 heavy (non-hydrogen) atoms. The van der Waals surface area contributed by atoms with Crippen LogP contribution in [0.2, 0.25) is 0 Å². The molecule has 0 radical (unpaired) electrons. The van der Waals surface area contributed by atoms with Crippen LogP contribution >= 0.6 is 0 Å². The van der Waals surface area contributed by atoms with Gasteiger partial charge in [-0.3, -0.25) is 9.59 Å². The monoisotopic (exact) mass is 256 g/mol. The Kier molecular flexibility index (Phi) is 6.12. The van der Waals surface area contributed by atoms with Crippen LogP contribution < -0.4 is 5.73 Å². The molecule has 0 aliphatic carbocycles. The lowest BCUT2D eigenvalue weighted by Crippen LogP contribution is -2.50. The van der Waals surface area contributed by atoms with Crippen LogP contribution in [0.25, 0.3) is 0 Å². The Morgan fingerprint density at radius 2 is 2.17 bits per heavy atom. The van der Waals surface area contributed by atoms with Crippen molar-refractivity contribution >= 4 is 11.9 Å². The second-order valence-electron chi connectivity index (χ2n) is 5.01. The van der Waals surface area contributed by atoms with Gasteiger partial charge in [0.1, 0.15) is 0 Å². The summed E-state index contributed by atoms with van der Waals surface area (Å²) in [5.74, 6) is -0.808. The molecule has 0 bridgehead atoms. The first-order valence-electron chi connectivity index (χ1n) is 6.84. The van der Waals surface area contributed by atoms with Gasteiger partial charge in [0.2, 0.25) is 5.91 Å². The van der Waals surface area contributed by atoms with Gasteiger partial charge < -0.3 is 15.7 Å². The molecule has 3 N–H and O–H groups in total. The smallest absolute Gasteiger partial charge is 0.303 e. The van der Waals surface area contributed by atoms with Gasteiger partial charge >= 0.3 is 5.97 Å². The summed E-state index contributed by atoms with van der Waals surface area (Å²) >= 11 is 0. The molecular weight excluding hydrogens is 232 g/mol. The van der Waals surface area contributed by atoms with Gasteiger partial charge in [-0.2, -0.15) is 0 Å². The summed E-state index contributed by atoms with van der Waals surface area (Å²) in [6.45, 7) is 2.73. The molecule has 0 aromatic carbocycles. The number of carbonyl (C=O) groups is 2. The second kappa shape index (κ2) is 7.36. The molecular formula is C13H24N2O3. The van der Waals surface area contributed by atoms with Crippen LogP contribution in [0.4, 0.5) is 0 Å². The van der Waals surface area contributed by atoms with Crippen LogP contribution in [0.15, 0.2) is 0 Å². The van der Waals surface area contributed by atoms with Crippen molar-refractivity contribution in [3.05, 3.63) is 0 Å². The second-order valence-corrected chi connectivity index (χ2v) is 5.01. The maximum absolute atomic E-state index is 12.2. The maximum Gasteiger partial charge on any atom is 0.303 e. The van der Waals surface area contributed by atoms with Crippen molar-refractivity contribution in [2.45, 2.75) is 64.0 Å². The van der Waals surface area contributed by atoms with E-state index in [1.165, 1.54) is 0 Å². The average molecular weight is 256 g/mol. The van der Waals surface area contributed by atoms with Crippen molar-refractivity contribution in [3.63, 3.8) is 0 Å². The molecule has 0 saturated carbocycles. The molecule has 5 heteroatoms. The molecule has 1 saturated heterocycles. The van der Waals surface area contributed by atoms with Gasteiger partial charge in [-0.05, 0) is 32.1 Å². The van der Waals surface area contributed by atoms with Crippen molar-refractivity contribution in [1.29, 1.82) is 0 Å². The lowest BCUT2D eigenvalue weighted by molar-refractivity contribution is -0.140. The quantitative estimate of drug-likeness (QED) is 0.751. The number of amides is 1. The van der Waals surface area contributed by atoms with E-state index in [-0.39, 0.29) is 18.4 Å². The Hall–Kier alpha value is -1.10. The molecule has 1 rings (SSSR count). The zero-order valence-corrected chi connectivity index (χ0v) is 11.1. The van der Waals surface area contributed by atoms with E-state index in [2.05, 4.69) is 0 Å². The van der Waals surface area contributed by atoms with Crippen LogP contribution in [0.1, 0.15) is 51.9 Å². The highest BCUT2D eigenvalue weighted by atomic mass is 16.4. The lowest BCUT2D eigenvalue weighted by Gasteiger charge is -2.37. The molecule has 1 heterocycles. The van der Waals surface area contributed by atoms with E-state index in [0.717, 1.165) is 32.2 Å². The van der Waals surface area contributed by atoms with Crippen molar-refractivity contribution in [1.82, 2.24) is 4.90 Å². The maximum atomic E-state index is 12.2. The van der Waals surface area contributed by atoms with E-state index >= 15 is 0 Å². The molecule has 2 atom stereocenters. The van der Waals surface area contributed by atoms with Gasteiger partial charge in [0.15, 0.2) is 0 Å². The summed E-state index contributed by atoms with van der Waals surface area (Å²) in [6, 6.07) is -0.370. The first-order chi connectivity index (χ1) is 8.56. The number of piperidine rings is 1. The fourth-order valence-electron chi connectivity index (χ4n) is 2.53. The largest absolute Gasteiger partial charge is 0.481 e. The summed E-state index contributed by atoms with van der Waals surface area (Å²) in [5, 5.41) is 8.73. The van der Waals surface area contributed by atoms with Crippen LogP contribution in [0, 0.1) is 0 Å². The highest BCUT2D eigenvalue weighted by Gasteiger charge is 2.29. The topological polar surface area (TPSA) is 83.6 Å². The van der Waals surface area contributed by atoms with Crippen LogP contribution in [0.5, 0.6) is 0 Å². The molecule has 104 valence electrons. The van der Waals surface area contributed by atoms with Gasteiger partial charge in [-0.25, -0.2) is 0 Å². The van der Waals surface area contributed by atoms with Gasteiger partial charge in [0, 0.05) is 19.0 Å². The molecule has 0 spiro atoms. The molecule has 1 fully saturated rings. The molecule has 0 aromatic heterocycles. The Bertz CT molecular complexity index is 294. The summed E-state index contributed by atoms with van der Waals surface area (Å²) < 4.78 is 0. The minimum Gasteiger partial charge on any atom is -0.481 e. The van der Waals surface area contributed by atoms with Crippen LogP contribution in [0.3, 0.4) is 0 Å². The van der Waals surface area contributed by atoms with E-state index in [0.29, 0.717) is 12.8 Å². The fraction of sp³-hybridized carbons (Fsp3) is 0.846. The molecule has 1 aliphatic heterocycles. The number of carboxylic acid groups (broad SMARTS) is 1. The zero-order chi connectivity index (χ0) is 13.5. The molecule has 1 aliphatic rings. The minimum absolute atomic E-state index is 0.00746. The van der Waals surface area contributed by atoms with Gasteiger partial charge in [-0.15, -0.1) is 0 Å². The van der Waals surface area contributed by atoms with Crippen molar-refractivity contribution in [2.75, 3.05) is 6.54 Å². The van der Waals surface area contributed by atoms with Crippen LogP contribution in [-0.4, -0.2) is 40.5 Å². The van der Waals surface area contributed by atoms with Crippen molar-refractivity contribution in [2.24, 2.45) is 5.73 Å². The van der Waals surface area contributed by atoms with Gasteiger partial charge in [0.05, 0.1) is 6.04 Å². The predicted octanol–water partition coefficient (Wildman–Crippen LogP) is 1.36. The number of carboxylic acids is 1. The van der Waals surface area contributed by atoms with Crippen molar-refractivity contribution in [3.8, 4) is 0 Å². The fourth-order valence-corrected chi connectivity index (χ4v) is 2.53. The summed E-state index contributed by atoms with van der Waals surface area (Å²) in [7, 11) is 0. The summed E-state index contributed by atoms with van der Waals surface area (Å²) in [4.78, 5) is 24.6. The van der Waals surface area contributed by atoms with E-state index < -0.39 is 12.0 Å². The zero-order valence-electron chi connectivity index (χ0n) is 11.1. The first kappa shape index (κ1) is 15.0. The number of rotatable bonds is 6. The van der Waals surface area contributed by atoms with E-state index in [1.54, 1.807) is 0 Å². The summed E-state index contributed by atoms with van der Waals surface area (Å²) in [6.07, 6.45) is 5.21. The molecule has 5 nitrogen and oxygen atoms in total. The first-order valence-corrected chi connectivity index (χ1v) is 6.84. The third-order valence-electron chi connectivity index (χ3n) is 3.52. The number of likely N-dealkylation sites (tertiary alicyclic amines) is 1. The summed E-state index contributed by atoms with van der Waals surface area (Å²) in [5.41, 5.74) is 5.87. The Balaban J connectivity index is 2.57. The number of nitrogens with zero attached hydrogens (tertiary/aromatic N) is 1.